The van der Waals surface area contributed by atoms with Gasteiger partial charge in [0.1, 0.15) is 0 Å². The molecule has 1 unspecified atom stereocenters. The quantitative estimate of drug-likeness (QED) is 0.765. The van der Waals surface area contributed by atoms with E-state index in [9.17, 15) is 4.79 Å². The highest BCUT2D eigenvalue weighted by Crippen LogP contribution is 2.15. The van der Waals surface area contributed by atoms with Gasteiger partial charge in [0.2, 0.25) is 5.88 Å². The zero-order chi connectivity index (χ0) is 13.1. The first-order valence-corrected chi connectivity index (χ1v) is 5.76. The van der Waals surface area contributed by atoms with Crippen molar-refractivity contribution in [1.82, 2.24) is 14.6 Å². The average Bonchev–Trinajstić information content (AvgIpc) is 2.77. The lowest BCUT2D eigenvalue weighted by molar-refractivity contribution is -0.150. The Labute approximate surface area is 105 Å². The smallest absolute Gasteiger partial charge is 0.347 e. The first-order chi connectivity index (χ1) is 8.61. The highest BCUT2D eigenvalue weighted by atomic mass is 16.6. The second-order valence-corrected chi connectivity index (χ2v) is 3.85. The summed E-state index contributed by atoms with van der Waals surface area (Å²) >= 11 is 0. The predicted molar refractivity (Wildman–Crippen MR) is 64.4 cm³/mol. The molecular formula is C12H15N3O3. The van der Waals surface area contributed by atoms with Crippen LogP contribution in [0.5, 0.6) is 5.88 Å². The number of aromatic nitrogens is 3. The Morgan fingerprint density at radius 2 is 2.33 bits per heavy atom. The maximum atomic E-state index is 11.5. The highest BCUT2D eigenvalue weighted by Gasteiger charge is 2.17. The molecule has 0 N–H and O–H groups in total. The van der Waals surface area contributed by atoms with Crippen molar-refractivity contribution in [3.05, 3.63) is 24.0 Å². The maximum Gasteiger partial charge on any atom is 0.347 e. The van der Waals surface area contributed by atoms with Crippen molar-refractivity contribution >= 4 is 11.6 Å². The third kappa shape index (κ3) is 2.42. The molecule has 6 nitrogen and oxygen atoms in total. The minimum Gasteiger partial charge on any atom is -0.463 e. The van der Waals surface area contributed by atoms with Gasteiger partial charge >= 0.3 is 5.97 Å². The van der Waals surface area contributed by atoms with Crippen LogP contribution in [0.4, 0.5) is 0 Å². The molecule has 0 aliphatic heterocycles. The van der Waals surface area contributed by atoms with Gasteiger partial charge in [-0.15, -0.1) is 0 Å². The predicted octanol–water partition coefficient (Wildman–Crippen LogP) is 1.37. The summed E-state index contributed by atoms with van der Waals surface area (Å²) in [5.74, 6) is 0.0790. The zero-order valence-corrected chi connectivity index (χ0v) is 10.6. The van der Waals surface area contributed by atoms with Crippen molar-refractivity contribution < 1.29 is 14.3 Å². The van der Waals surface area contributed by atoms with E-state index in [1.165, 1.54) is 0 Å². The normalized spacial score (nSPS) is 12.4. The molecule has 2 heterocycles. The van der Waals surface area contributed by atoms with Crippen LogP contribution < -0.4 is 4.74 Å². The molecule has 6 heteroatoms. The number of hydrogen-bond acceptors (Lipinski definition) is 5. The lowest BCUT2D eigenvalue weighted by Gasteiger charge is -2.14. The van der Waals surface area contributed by atoms with E-state index < -0.39 is 12.1 Å². The molecule has 0 radical (unpaired) electrons. The fourth-order valence-electron chi connectivity index (χ4n) is 1.58. The SMILES string of the molecule is CCOC(=O)C(C)Oc1cc(C)nc2ccnn12. The first-order valence-electron chi connectivity index (χ1n) is 5.76. The molecule has 0 saturated carbocycles. The Morgan fingerprint density at radius 1 is 1.56 bits per heavy atom. The summed E-state index contributed by atoms with van der Waals surface area (Å²) in [6.07, 6.45) is 0.947. The summed E-state index contributed by atoms with van der Waals surface area (Å²) in [5.41, 5.74) is 1.48. The van der Waals surface area contributed by atoms with Gasteiger partial charge in [0.15, 0.2) is 11.8 Å². The van der Waals surface area contributed by atoms with Crippen LogP contribution in [0.25, 0.3) is 5.65 Å². The molecule has 2 rings (SSSR count). The van der Waals surface area contributed by atoms with Crippen molar-refractivity contribution in [2.75, 3.05) is 6.61 Å². The summed E-state index contributed by atoms with van der Waals surface area (Å²) < 4.78 is 12.0. The van der Waals surface area contributed by atoms with Crippen molar-refractivity contribution in [2.45, 2.75) is 26.9 Å². The average molecular weight is 249 g/mol. The number of carbonyl (C=O) groups excluding carboxylic acids is 1. The van der Waals surface area contributed by atoms with Gasteiger partial charge in [-0.1, -0.05) is 0 Å². The number of hydrogen-bond donors (Lipinski definition) is 0. The molecule has 0 amide bonds. The van der Waals surface area contributed by atoms with Crippen LogP contribution in [0.2, 0.25) is 0 Å². The maximum absolute atomic E-state index is 11.5. The van der Waals surface area contributed by atoms with Gasteiger partial charge in [-0.2, -0.15) is 9.61 Å². The van der Waals surface area contributed by atoms with Crippen LogP contribution in [0.3, 0.4) is 0 Å². The first kappa shape index (κ1) is 12.3. The fraction of sp³-hybridized carbons (Fsp3) is 0.417. The van der Waals surface area contributed by atoms with Crippen LogP contribution in [-0.4, -0.2) is 33.3 Å². The van der Waals surface area contributed by atoms with Crippen molar-refractivity contribution in [2.24, 2.45) is 0 Å². The molecule has 2 aromatic rings. The fourth-order valence-corrected chi connectivity index (χ4v) is 1.58. The molecule has 2 aromatic heterocycles. The van der Waals surface area contributed by atoms with Crippen LogP contribution in [-0.2, 0) is 9.53 Å². The van der Waals surface area contributed by atoms with Crippen LogP contribution in [0.15, 0.2) is 18.3 Å². The third-order valence-electron chi connectivity index (χ3n) is 2.37. The molecule has 0 aliphatic rings. The van der Waals surface area contributed by atoms with Crippen LogP contribution in [0.1, 0.15) is 19.5 Å². The van der Waals surface area contributed by atoms with Gasteiger partial charge in [0, 0.05) is 17.8 Å². The molecule has 1 atom stereocenters. The summed E-state index contributed by atoms with van der Waals surface area (Å²) in [7, 11) is 0. The largest absolute Gasteiger partial charge is 0.463 e. The molecule has 0 bridgehead atoms. The second kappa shape index (κ2) is 5.03. The summed E-state index contributed by atoms with van der Waals surface area (Å²) in [4.78, 5) is 15.8. The minimum absolute atomic E-state index is 0.332. The number of carbonyl (C=O) groups is 1. The van der Waals surface area contributed by atoms with E-state index in [1.807, 2.05) is 6.92 Å². The Bertz CT molecular complexity index is 565. The lowest BCUT2D eigenvalue weighted by atomic mass is 10.4. The highest BCUT2D eigenvalue weighted by molar-refractivity contribution is 5.74. The molecule has 0 aliphatic carbocycles. The van der Waals surface area contributed by atoms with E-state index in [1.54, 1.807) is 36.7 Å². The van der Waals surface area contributed by atoms with Crippen molar-refractivity contribution in [1.29, 1.82) is 0 Å². The van der Waals surface area contributed by atoms with E-state index in [4.69, 9.17) is 9.47 Å². The second-order valence-electron chi connectivity index (χ2n) is 3.85. The molecule has 0 fully saturated rings. The van der Waals surface area contributed by atoms with Crippen LogP contribution in [0, 0.1) is 6.92 Å². The van der Waals surface area contributed by atoms with Gasteiger partial charge in [-0.25, -0.2) is 9.78 Å². The third-order valence-corrected chi connectivity index (χ3v) is 2.37. The topological polar surface area (TPSA) is 65.7 Å². The van der Waals surface area contributed by atoms with E-state index in [2.05, 4.69) is 10.1 Å². The van der Waals surface area contributed by atoms with Gasteiger partial charge in [-0.05, 0) is 20.8 Å². The molecule has 96 valence electrons. The standard InChI is InChI=1S/C12H15N3O3/c1-4-17-12(16)9(3)18-11-7-8(2)14-10-5-6-13-15(10)11/h5-7,9H,4H2,1-3H3. The molecular weight excluding hydrogens is 234 g/mol. The Hall–Kier alpha value is -2.11. The van der Waals surface area contributed by atoms with Gasteiger partial charge in [-0.3, -0.25) is 0 Å². The Kier molecular flexibility index (Phi) is 3.45. The molecule has 0 spiro atoms. The molecule has 0 saturated heterocycles. The lowest BCUT2D eigenvalue weighted by Crippen LogP contribution is -2.27. The minimum atomic E-state index is -0.681. The van der Waals surface area contributed by atoms with E-state index in [0.29, 0.717) is 18.1 Å². The zero-order valence-electron chi connectivity index (χ0n) is 10.6. The Morgan fingerprint density at radius 3 is 3.06 bits per heavy atom. The van der Waals surface area contributed by atoms with Gasteiger partial charge in [0.25, 0.3) is 0 Å². The number of ether oxygens (including phenoxy) is 2. The number of nitrogens with zero attached hydrogens (tertiary/aromatic N) is 3. The van der Waals surface area contributed by atoms with E-state index >= 15 is 0 Å². The molecule has 0 aromatic carbocycles. The number of esters is 1. The van der Waals surface area contributed by atoms with Crippen molar-refractivity contribution in [3.8, 4) is 5.88 Å². The van der Waals surface area contributed by atoms with E-state index in [-0.39, 0.29) is 0 Å². The number of fused-ring (bicyclic) bond motifs is 1. The number of aryl methyl sites for hydroxylation is 1. The summed E-state index contributed by atoms with van der Waals surface area (Å²) in [6.45, 7) is 5.59. The van der Waals surface area contributed by atoms with E-state index in [0.717, 1.165) is 5.69 Å². The van der Waals surface area contributed by atoms with Crippen molar-refractivity contribution in [3.63, 3.8) is 0 Å². The number of rotatable bonds is 4. The Balaban J connectivity index is 2.25. The van der Waals surface area contributed by atoms with Gasteiger partial charge < -0.3 is 9.47 Å². The van der Waals surface area contributed by atoms with Crippen LogP contribution >= 0.6 is 0 Å². The van der Waals surface area contributed by atoms with Gasteiger partial charge in [0.05, 0.1) is 12.8 Å². The summed E-state index contributed by atoms with van der Waals surface area (Å²) in [6, 6.07) is 3.50. The monoisotopic (exact) mass is 249 g/mol. The summed E-state index contributed by atoms with van der Waals surface area (Å²) in [5, 5.41) is 4.10. The molecule has 18 heavy (non-hydrogen) atoms.